The van der Waals surface area contributed by atoms with Gasteiger partial charge in [0.2, 0.25) is 0 Å². The topological polar surface area (TPSA) is 17.1 Å². The first-order chi connectivity index (χ1) is 6.73. The quantitative estimate of drug-likeness (QED) is 0.540. The standard InChI is InChI=1S/C9H5ClF4O/c1-4(15)6-2-5(11)3-7(10)8(6)9(12,13)14/h2-3H,1H3. The van der Waals surface area contributed by atoms with Crippen LogP contribution in [-0.2, 0) is 6.18 Å². The van der Waals surface area contributed by atoms with Gasteiger partial charge in [-0.05, 0) is 19.1 Å². The predicted octanol–water partition coefficient (Wildman–Crippen LogP) is 3.70. The summed E-state index contributed by atoms with van der Waals surface area (Å²) < 4.78 is 50.1. The van der Waals surface area contributed by atoms with Gasteiger partial charge in [0.15, 0.2) is 5.78 Å². The summed E-state index contributed by atoms with van der Waals surface area (Å²) in [5.74, 6) is -1.86. The van der Waals surface area contributed by atoms with Crippen molar-refractivity contribution in [1.29, 1.82) is 0 Å². The summed E-state index contributed by atoms with van der Waals surface area (Å²) in [6, 6.07) is 1.05. The molecule has 15 heavy (non-hydrogen) atoms. The molecule has 0 spiro atoms. The highest BCUT2D eigenvalue weighted by molar-refractivity contribution is 6.32. The number of rotatable bonds is 1. The van der Waals surface area contributed by atoms with Crippen LogP contribution >= 0.6 is 11.6 Å². The molecule has 0 fully saturated rings. The van der Waals surface area contributed by atoms with E-state index >= 15 is 0 Å². The normalized spacial score (nSPS) is 11.6. The second-order valence-corrected chi connectivity index (χ2v) is 3.27. The Hall–Kier alpha value is -1.10. The van der Waals surface area contributed by atoms with E-state index in [4.69, 9.17) is 11.6 Å². The van der Waals surface area contributed by atoms with Gasteiger partial charge in [0.1, 0.15) is 5.82 Å². The fourth-order valence-electron chi connectivity index (χ4n) is 1.14. The van der Waals surface area contributed by atoms with E-state index in [0.29, 0.717) is 12.1 Å². The van der Waals surface area contributed by atoms with E-state index in [1.807, 2.05) is 0 Å². The highest BCUT2D eigenvalue weighted by atomic mass is 35.5. The lowest BCUT2D eigenvalue weighted by Crippen LogP contribution is -2.13. The maximum Gasteiger partial charge on any atom is 0.418 e. The Balaban J connectivity index is 3.55. The van der Waals surface area contributed by atoms with E-state index in [9.17, 15) is 22.4 Å². The van der Waals surface area contributed by atoms with E-state index in [-0.39, 0.29) is 0 Å². The van der Waals surface area contributed by atoms with Crippen molar-refractivity contribution in [3.8, 4) is 0 Å². The third-order valence-electron chi connectivity index (χ3n) is 1.72. The number of hydrogen-bond donors (Lipinski definition) is 0. The van der Waals surface area contributed by atoms with Crippen LogP contribution in [0, 0.1) is 5.82 Å². The van der Waals surface area contributed by atoms with Gasteiger partial charge in [-0.15, -0.1) is 0 Å². The van der Waals surface area contributed by atoms with Crippen molar-refractivity contribution in [1.82, 2.24) is 0 Å². The summed E-state index contributed by atoms with van der Waals surface area (Å²) in [6.45, 7) is 0.917. The molecule has 0 aliphatic rings. The Labute approximate surface area is 87.7 Å². The largest absolute Gasteiger partial charge is 0.418 e. The van der Waals surface area contributed by atoms with Crippen LogP contribution in [-0.4, -0.2) is 5.78 Å². The summed E-state index contributed by atoms with van der Waals surface area (Å²) in [5, 5.41) is -0.812. The van der Waals surface area contributed by atoms with Crippen molar-refractivity contribution in [2.45, 2.75) is 13.1 Å². The molecule has 0 bridgehead atoms. The monoisotopic (exact) mass is 240 g/mol. The number of alkyl halides is 3. The van der Waals surface area contributed by atoms with Gasteiger partial charge in [0.05, 0.1) is 10.6 Å². The van der Waals surface area contributed by atoms with Gasteiger partial charge in [-0.1, -0.05) is 11.6 Å². The third-order valence-corrected chi connectivity index (χ3v) is 2.02. The van der Waals surface area contributed by atoms with Crippen LogP contribution in [0.4, 0.5) is 17.6 Å². The van der Waals surface area contributed by atoms with Crippen LogP contribution in [0.1, 0.15) is 22.8 Å². The highest BCUT2D eigenvalue weighted by Gasteiger charge is 2.37. The van der Waals surface area contributed by atoms with Crippen molar-refractivity contribution < 1.29 is 22.4 Å². The molecule has 0 amide bonds. The highest BCUT2D eigenvalue weighted by Crippen LogP contribution is 2.37. The average Bonchev–Trinajstić information content (AvgIpc) is 1.99. The molecule has 1 aromatic rings. The minimum absolute atomic E-state index is 0.525. The van der Waals surface area contributed by atoms with Gasteiger partial charge in [-0.2, -0.15) is 13.2 Å². The molecule has 0 radical (unpaired) electrons. The number of benzene rings is 1. The lowest BCUT2D eigenvalue weighted by atomic mass is 10.0. The van der Waals surface area contributed by atoms with Gasteiger partial charge >= 0.3 is 6.18 Å². The second kappa shape index (κ2) is 3.81. The third kappa shape index (κ3) is 2.47. The first-order valence-corrected chi connectivity index (χ1v) is 4.18. The van der Waals surface area contributed by atoms with Crippen LogP contribution in [0.5, 0.6) is 0 Å². The molecule has 1 rings (SSSR count). The van der Waals surface area contributed by atoms with E-state index in [1.165, 1.54) is 0 Å². The Morgan fingerprint density at radius 1 is 1.33 bits per heavy atom. The Morgan fingerprint density at radius 2 is 1.87 bits per heavy atom. The van der Waals surface area contributed by atoms with E-state index < -0.39 is 33.9 Å². The van der Waals surface area contributed by atoms with Crippen LogP contribution < -0.4 is 0 Å². The minimum atomic E-state index is -4.77. The zero-order valence-electron chi connectivity index (χ0n) is 7.45. The number of halogens is 5. The summed E-state index contributed by atoms with van der Waals surface area (Å²) in [6.07, 6.45) is -4.77. The van der Waals surface area contributed by atoms with Crippen molar-refractivity contribution in [3.63, 3.8) is 0 Å². The van der Waals surface area contributed by atoms with Crippen molar-refractivity contribution in [3.05, 3.63) is 34.1 Å². The summed E-state index contributed by atoms with van der Waals surface area (Å²) in [7, 11) is 0. The molecular weight excluding hydrogens is 236 g/mol. The molecule has 0 saturated carbocycles. The number of carbonyl (C=O) groups is 1. The zero-order chi connectivity index (χ0) is 11.8. The molecular formula is C9H5ClF4O. The summed E-state index contributed by atoms with van der Waals surface area (Å²) in [5.41, 5.74) is -2.05. The van der Waals surface area contributed by atoms with Crippen LogP contribution in [0.15, 0.2) is 12.1 Å². The van der Waals surface area contributed by atoms with E-state index in [0.717, 1.165) is 6.92 Å². The molecule has 0 saturated heterocycles. The SMILES string of the molecule is CC(=O)c1cc(F)cc(Cl)c1C(F)(F)F. The van der Waals surface area contributed by atoms with Gasteiger partial charge in [0.25, 0.3) is 0 Å². The molecule has 1 aromatic carbocycles. The lowest BCUT2D eigenvalue weighted by Gasteiger charge is -2.12. The number of hydrogen-bond acceptors (Lipinski definition) is 1. The smallest absolute Gasteiger partial charge is 0.294 e. The fourth-order valence-corrected chi connectivity index (χ4v) is 1.45. The van der Waals surface area contributed by atoms with Crippen molar-refractivity contribution in [2.75, 3.05) is 0 Å². The van der Waals surface area contributed by atoms with E-state index in [2.05, 4.69) is 0 Å². The maximum absolute atomic E-state index is 12.8. The first kappa shape index (κ1) is 12.0. The van der Waals surface area contributed by atoms with Crippen molar-refractivity contribution in [2.24, 2.45) is 0 Å². The minimum Gasteiger partial charge on any atom is -0.294 e. The molecule has 0 heterocycles. The van der Waals surface area contributed by atoms with Crippen LogP contribution in [0.2, 0.25) is 5.02 Å². The molecule has 82 valence electrons. The fraction of sp³-hybridized carbons (Fsp3) is 0.222. The number of carbonyl (C=O) groups excluding carboxylic acids is 1. The molecule has 0 aliphatic carbocycles. The lowest BCUT2D eigenvalue weighted by molar-refractivity contribution is -0.137. The van der Waals surface area contributed by atoms with Crippen LogP contribution in [0.25, 0.3) is 0 Å². The van der Waals surface area contributed by atoms with Crippen molar-refractivity contribution >= 4 is 17.4 Å². The van der Waals surface area contributed by atoms with Gasteiger partial charge < -0.3 is 0 Å². The molecule has 0 unspecified atom stereocenters. The molecule has 1 nitrogen and oxygen atoms in total. The molecule has 0 N–H and O–H groups in total. The summed E-state index contributed by atoms with van der Waals surface area (Å²) in [4.78, 5) is 10.9. The number of ketones is 1. The maximum atomic E-state index is 12.8. The predicted molar refractivity (Wildman–Crippen MR) is 46.4 cm³/mol. The first-order valence-electron chi connectivity index (χ1n) is 3.80. The van der Waals surface area contributed by atoms with Gasteiger partial charge in [-0.3, -0.25) is 4.79 Å². The number of Topliss-reactive ketones (excluding diaryl/α,β-unsaturated/α-hetero) is 1. The zero-order valence-corrected chi connectivity index (χ0v) is 8.21. The Morgan fingerprint density at radius 3 is 2.27 bits per heavy atom. The van der Waals surface area contributed by atoms with Gasteiger partial charge in [-0.25, -0.2) is 4.39 Å². The van der Waals surface area contributed by atoms with Crippen LogP contribution in [0.3, 0.4) is 0 Å². The second-order valence-electron chi connectivity index (χ2n) is 2.86. The Kier molecular flexibility index (Phi) is 3.04. The summed E-state index contributed by atoms with van der Waals surface area (Å²) >= 11 is 5.25. The average molecular weight is 241 g/mol. The molecule has 6 heteroatoms. The van der Waals surface area contributed by atoms with E-state index in [1.54, 1.807) is 0 Å². The van der Waals surface area contributed by atoms with Gasteiger partial charge in [0, 0.05) is 5.56 Å². The Bertz CT molecular complexity index is 411. The molecule has 0 aromatic heterocycles. The molecule has 0 aliphatic heterocycles. The molecule has 0 atom stereocenters.